The number of aliphatic carboxylic acids is 3. The maximum absolute atomic E-state index is 10.2. The number of carboxylic acid groups (broad SMARTS) is 3. The van der Waals surface area contributed by atoms with Gasteiger partial charge in [-0.3, -0.25) is 14.4 Å². The van der Waals surface area contributed by atoms with Crippen LogP contribution in [0.4, 0.5) is 0 Å². The van der Waals surface area contributed by atoms with Gasteiger partial charge in [-0.1, -0.05) is 34.1 Å². The van der Waals surface area contributed by atoms with Crippen molar-refractivity contribution in [3.63, 3.8) is 0 Å². The summed E-state index contributed by atoms with van der Waals surface area (Å²) in [5.74, 6) is -2.47. The van der Waals surface area contributed by atoms with Crippen molar-refractivity contribution in [1.29, 1.82) is 0 Å². The van der Waals surface area contributed by atoms with E-state index in [1.54, 1.807) is 13.8 Å². The van der Waals surface area contributed by atoms with E-state index >= 15 is 0 Å². The molecule has 0 amide bonds. The Hall–Kier alpha value is -1.71. The van der Waals surface area contributed by atoms with Crippen LogP contribution in [0.15, 0.2) is 0 Å². The molecule has 0 bridgehead atoms. The van der Waals surface area contributed by atoms with Crippen LogP contribution in [-0.4, -0.2) is 57.9 Å². The Kier molecular flexibility index (Phi) is 13.9. The van der Waals surface area contributed by atoms with Crippen LogP contribution in [0, 0.1) is 11.8 Å². The van der Waals surface area contributed by atoms with Crippen molar-refractivity contribution in [2.45, 2.75) is 65.1 Å². The first-order valence-corrected chi connectivity index (χ1v) is 8.38. The third-order valence-electron chi connectivity index (χ3n) is 3.90. The molecule has 0 aromatic heterocycles. The molecule has 0 spiro atoms. The van der Waals surface area contributed by atoms with Crippen LogP contribution in [0.2, 0.25) is 0 Å². The molecule has 1 rings (SSSR count). The lowest BCUT2D eigenvalue weighted by molar-refractivity contribution is -0.140. The minimum Gasteiger partial charge on any atom is -0.480 e. The van der Waals surface area contributed by atoms with Crippen LogP contribution in [0.3, 0.4) is 0 Å². The lowest BCUT2D eigenvalue weighted by atomic mass is 10.0. The molecule has 8 N–H and O–H groups in total. The number of nitrogens with two attached hydrogens (primary N) is 2. The molecule has 0 saturated carbocycles. The van der Waals surface area contributed by atoms with E-state index in [1.165, 1.54) is 0 Å². The molecule has 9 heteroatoms. The van der Waals surface area contributed by atoms with E-state index in [-0.39, 0.29) is 17.9 Å². The molecule has 1 saturated heterocycles. The summed E-state index contributed by atoms with van der Waals surface area (Å²) in [5, 5.41) is 27.8. The first-order chi connectivity index (χ1) is 11.4. The van der Waals surface area contributed by atoms with Gasteiger partial charge < -0.3 is 32.1 Å². The molecule has 9 nitrogen and oxygen atoms in total. The summed E-state index contributed by atoms with van der Waals surface area (Å²) >= 11 is 0. The zero-order valence-electron chi connectivity index (χ0n) is 15.4. The molecule has 0 aromatic rings. The number of carbonyl (C=O) groups is 3. The molecule has 4 atom stereocenters. The van der Waals surface area contributed by atoms with Gasteiger partial charge in [-0.25, -0.2) is 0 Å². The Balaban J connectivity index is 0. The Morgan fingerprint density at radius 1 is 1.04 bits per heavy atom. The third kappa shape index (κ3) is 12.3. The Morgan fingerprint density at radius 2 is 1.52 bits per heavy atom. The molecule has 4 unspecified atom stereocenters. The highest BCUT2D eigenvalue weighted by atomic mass is 16.4. The fourth-order valence-corrected chi connectivity index (χ4v) is 1.68. The molecule has 1 aliphatic heterocycles. The van der Waals surface area contributed by atoms with Gasteiger partial charge in [0.15, 0.2) is 0 Å². The van der Waals surface area contributed by atoms with Gasteiger partial charge in [-0.05, 0) is 31.2 Å². The van der Waals surface area contributed by atoms with Crippen LogP contribution in [0.5, 0.6) is 0 Å². The summed E-state index contributed by atoms with van der Waals surface area (Å²) in [5.41, 5.74) is 10.4. The maximum Gasteiger partial charge on any atom is 0.320 e. The van der Waals surface area contributed by atoms with Crippen molar-refractivity contribution < 1.29 is 29.7 Å². The van der Waals surface area contributed by atoms with Gasteiger partial charge in [0.2, 0.25) is 0 Å². The van der Waals surface area contributed by atoms with E-state index in [2.05, 4.69) is 5.32 Å². The van der Waals surface area contributed by atoms with Crippen molar-refractivity contribution in [2.75, 3.05) is 6.54 Å². The molecule has 1 aliphatic rings. The van der Waals surface area contributed by atoms with Gasteiger partial charge in [0.05, 0.1) is 0 Å². The van der Waals surface area contributed by atoms with Crippen molar-refractivity contribution in [3.8, 4) is 0 Å². The summed E-state index contributed by atoms with van der Waals surface area (Å²) in [6.07, 6.45) is 2.60. The fourth-order valence-electron chi connectivity index (χ4n) is 1.68. The first kappa shape index (κ1) is 25.5. The topological polar surface area (TPSA) is 176 Å². The molecule has 0 aliphatic carbocycles. The maximum atomic E-state index is 10.2. The van der Waals surface area contributed by atoms with Crippen LogP contribution < -0.4 is 16.8 Å². The summed E-state index contributed by atoms with van der Waals surface area (Å²) in [7, 11) is 0. The van der Waals surface area contributed by atoms with Crippen LogP contribution in [0.1, 0.15) is 47.0 Å². The van der Waals surface area contributed by atoms with E-state index in [0.29, 0.717) is 0 Å². The van der Waals surface area contributed by atoms with E-state index in [1.807, 2.05) is 13.8 Å². The minimum atomic E-state index is -0.931. The average molecular weight is 363 g/mol. The number of nitrogens with one attached hydrogen (secondary N) is 1. The second-order valence-electron chi connectivity index (χ2n) is 6.34. The standard InChI is InChI=1S/C6H13NO2.C5H9NO2.C5H11NO2/c1-3-4(2)5(7)6(8)9;7-5(8)4-2-1-3-6-4;1-3(2)4(6)5(7)8/h4-5H,3,7H2,1-2H3,(H,8,9);4,6H,1-3H2,(H,7,8);3-4H,6H2,1-2H3,(H,7,8). The van der Waals surface area contributed by atoms with Crippen LogP contribution in [-0.2, 0) is 14.4 Å². The van der Waals surface area contributed by atoms with E-state index < -0.39 is 30.0 Å². The van der Waals surface area contributed by atoms with Crippen molar-refractivity contribution in [3.05, 3.63) is 0 Å². The van der Waals surface area contributed by atoms with Gasteiger partial charge >= 0.3 is 17.9 Å². The van der Waals surface area contributed by atoms with Crippen LogP contribution in [0.25, 0.3) is 0 Å². The number of carboxylic acids is 3. The van der Waals surface area contributed by atoms with E-state index in [9.17, 15) is 14.4 Å². The lowest BCUT2D eigenvalue weighted by Gasteiger charge is -2.11. The summed E-state index contributed by atoms with van der Waals surface area (Å²) < 4.78 is 0. The lowest BCUT2D eigenvalue weighted by Crippen LogP contribution is -2.36. The van der Waals surface area contributed by atoms with Crippen molar-refractivity contribution >= 4 is 17.9 Å². The van der Waals surface area contributed by atoms with Crippen molar-refractivity contribution in [2.24, 2.45) is 23.3 Å². The van der Waals surface area contributed by atoms with E-state index in [4.69, 9.17) is 26.8 Å². The predicted molar refractivity (Wildman–Crippen MR) is 94.2 cm³/mol. The highest BCUT2D eigenvalue weighted by molar-refractivity contribution is 5.74. The summed E-state index contributed by atoms with van der Waals surface area (Å²) in [4.78, 5) is 30.3. The minimum absolute atomic E-state index is 0.0208. The van der Waals surface area contributed by atoms with Crippen molar-refractivity contribution in [1.82, 2.24) is 5.32 Å². The Labute approximate surface area is 148 Å². The molecule has 1 heterocycles. The van der Waals surface area contributed by atoms with Gasteiger partial charge in [0.25, 0.3) is 0 Å². The second kappa shape index (κ2) is 13.6. The average Bonchev–Trinajstić information content (AvgIpc) is 3.08. The molecular weight excluding hydrogens is 330 g/mol. The Bertz CT molecular complexity index is 399. The molecule has 25 heavy (non-hydrogen) atoms. The predicted octanol–water partition coefficient (Wildman–Crippen LogP) is 0.322. The molecular formula is C16H33N3O6. The number of hydrogen-bond acceptors (Lipinski definition) is 6. The van der Waals surface area contributed by atoms with Gasteiger partial charge in [0, 0.05) is 0 Å². The largest absolute Gasteiger partial charge is 0.480 e. The normalized spacial score (nSPS) is 19.6. The zero-order chi connectivity index (χ0) is 20.2. The monoisotopic (exact) mass is 363 g/mol. The molecule has 148 valence electrons. The fraction of sp³-hybridized carbons (Fsp3) is 0.812. The van der Waals surface area contributed by atoms with Crippen LogP contribution >= 0.6 is 0 Å². The zero-order valence-corrected chi connectivity index (χ0v) is 15.4. The Morgan fingerprint density at radius 3 is 1.64 bits per heavy atom. The highest BCUT2D eigenvalue weighted by Crippen LogP contribution is 2.04. The third-order valence-corrected chi connectivity index (χ3v) is 3.90. The summed E-state index contributed by atoms with van der Waals surface area (Å²) in [6, 6.07) is -1.68. The summed E-state index contributed by atoms with van der Waals surface area (Å²) in [6.45, 7) is 8.17. The number of rotatable bonds is 6. The smallest absolute Gasteiger partial charge is 0.320 e. The first-order valence-electron chi connectivity index (χ1n) is 8.38. The molecule has 0 aromatic carbocycles. The quantitative estimate of drug-likeness (QED) is 0.388. The number of hydrogen-bond donors (Lipinski definition) is 6. The second-order valence-corrected chi connectivity index (χ2v) is 6.34. The molecule has 0 radical (unpaired) electrons. The van der Waals surface area contributed by atoms with E-state index in [0.717, 1.165) is 25.8 Å². The van der Waals surface area contributed by atoms with Gasteiger partial charge in [0.1, 0.15) is 18.1 Å². The molecule has 1 fully saturated rings. The van der Waals surface area contributed by atoms with Gasteiger partial charge in [-0.15, -0.1) is 0 Å². The SMILES string of the molecule is CC(C)C(N)C(=O)O.CCC(C)C(N)C(=O)O.O=C(O)C1CCCN1. The van der Waals surface area contributed by atoms with Gasteiger partial charge in [-0.2, -0.15) is 0 Å². The highest BCUT2D eigenvalue weighted by Gasteiger charge is 2.20.